The molecule has 0 aromatic carbocycles. The summed E-state index contributed by atoms with van der Waals surface area (Å²) < 4.78 is 5.08. The Morgan fingerprint density at radius 1 is 1.21 bits per heavy atom. The fourth-order valence-electron chi connectivity index (χ4n) is 2.42. The molecular formula is C12H22O2. The highest BCUT2D eigenvalue weighted by Gasteiger charge is 2.21. The van der Waals surface area contributed by atoms with E-state index < -0.39 is 0 Å². The second-order valence-electron chi connectivity index (χ2n) is 4.57. The monoisotopic (exact) mass is 198 g/mol. The lowest BCUT2D eigenvalue weighted by molar-refractivity contribution is -0.118. The van der Waals surface area contributed by atoms with Crippen LogP contribution in [0, 0.1) is 11.8 Å². The van der Waals surface area contributed by atoms with Crippen LogP contribution in [0.1, 0.15) is 45.4 Å². The van der Waals surface area contributed by atoms with Gasteiger partial charge in [0.25, 0.3) is 0 Å². The van der Waals surface area contributed by atoms with Crippen molar-refractivity contribution in [2.75, 3.05) is 13.7 Å². The van der Waals surface area contributed by atoms with Gasteiger partial charge in [0.15, 0.2) is 0 Å². The van der Waals surface area contributed by atoms with Gasteiger partial charge in [0.1, 0.15) is 5.78 Å². The van der Waals surface area contributed by atoms with Crippen LogP contribution in [0.3, 0.4) is 0 Å². The lowest BCUT2D eigenvalue weighted by Gasteiger charge is -2.27. The lowest BCUT2D eigenvalue weighted by Crippen LogP contribution is -2.17. The molecule has 0 aromatic rings. The van der Waals surface area contributed by atoms with Crippen molar-refractivity contribution in [1.29, 1.82) is 0 Å². The second-order valence-corrected chi connectivity index (χ2v) is 4.57. The van der Waals surface area contributed by atoms with E-state index in [1.54, 1.807) is 14.0 Å². The van der Waals surface area contributed by atoms with Crippen LogP contribution >= 0.6 is 0 Å². The third-order valence-electron chi connectivity index (χ3n) is 3.27. The number of carbonyl (C=O) groups is 1. The van der Waals surface area contributed by atoms with Crippen molar-refractivity contribution in [1.82, 2.24) is 0 Å². The quantitative estimate of drug-likeness (QED) is 0.679. The molecule has 0 N–H and O–H groups in total. The van der Waals surface area contributed by atoms with Gasteiger partial charge in [-0.3, -0.25) is 0 Å². The van der Waals surface area contributed by atoms with Crippen LogP contribution in [0.4, 0.5) is 0 Å². The highest BCUT2D eigenvalue weighted by Crippen LogP contribution is 2.32. The zero-order chi connectivity index (χ0) is 10.4. The van der Waals surface area contributed by atoms with Gasteiger partial charge in [0.2, 0.25) is 0 Å². The molecule has 2 nitrogen and oxygen atoms in total. The molecule has 0 aliphatic heterocycles. The zero-order valence-corrected chi connectivity index (χ0v) is 9.42. The fourth-order valence-corrected chi connectivity index (χ4v) is 2.42. The van der Waals surface area contributed by atoms with E-state index in [0.29, 0.717) is 11.7 Å². The van der Waals surface area contributed by atoms with E-state index in [-0.39, 0.29) is 0 Å². The maximum absolute atomic E-state index is 10.9. The highest BCUT2D eigenvalue weighted by atomic mass is 16.5. The van der Waals surface area contributed by atoms with Gasteiger partial charge in [-0.1, -0.05) is 12.8 Å². The van der Waals surface area contributed by atoms with E-state index in [4.69, 9.17) is 4.74 Å². The van der Waals surface area contributed by atoms with E-state index in [1.165, 1.54) is 32.1 Å². The number of Topliss-reactive ketones (excluding diaryl/α,β-unsaturated/α-hetero) is 1. The fraction of sp³-hybridized carbons (Fsp3) is 0.917. The van der Waals surface area contributed by atoms with Crippen molar-refractivity contribution in [2.45, 2.75) is 45.4 Å². The first-order valence-corrected chi connectivity index (χ1v) is 5.70. The Morgan fingerprint density at radius 2 is 1.79 bits per heavy atom. The van der Waals surface area contributed by atoms with Crippen LogP contribution in [0.5, 0.6) is 0 Å². The first kappa shape index (κ1) is 11.7. The molecule has 14 heavy (non-hydrogen) atoms. The van der Waals surface area contributed by atoms with Gasteiger partial charge < -0.3 is 9.53 Å². The van der Waals surface area contributed by atoms with Crippen molar-refractivity contribution in [3.05, 3.63) is 0 Å². The van der Waals surface area contributed by atoms with Crippen LogP contribution in [0.25, 0.3) is 0 Å². The van der Waals surface area contributed by atoms with Gasteiger partial charge >= 0.3 is 0 Å². The molecule has 1 aliphatic rings. The minimum absolute atomic E-state index is 0.352. The molecule has 0 saturated heterocycles. The number of hydrogen-bond acceptors (Lipinski definition) is 2. The Hall–Kier alpha value is -0.370. The molecular weight excluding hydrogens is 176 g/mol. The Labute approximate surface area is 87.0 Å². The largest absolute Gasteiger partial charge is 0.385 e. The van der Waals surface area contributed by atoms with Gasteiger partial charge in [0, 0.05) is 20.1 Å². The van der Waals surface area contributed by atoms with Gasteiger partial charge in [-0.05, 0) is 38.0 Å². The molecule has 2 heteroatoms. The van der Waals surface area contributed by atoms with Gasteiger partial charge in [-0.2, -0.15) is 0 Å². The molecule has 1 aliphatic carbocycles. The molecule has 1 fully saturated rings. The number of methoxy groups -OCH3 is 1. The predicted octanol–water partition coefficient (Wildman–Crippen LogP) is 2.81. The Balaban J connectivity index is 2.14. The molecule has 0 unspecified atom stereocenters. The minimum Gasteiger partial charge on any atom is -0.385 e. The third kappa shape index (κ3) is 4.23. The summed E-state index contributed by atoms with van der Waals surface area (Å²) in [6, 6.07) is 0. The smallest absolute Gasteiger partial charge is 0.130 e. The number of ketones is 1. The van der Waals surface area contributed by atoms with Crippen LogP contribution in [0.2, 0.25) is 0 Å². The molecule has 0 radical (unpaired) electrons. The van der Waals surface area contributed by atoms with Crippen molar-refractivity contribution in [2.24, 2.45) is 11.8 Å². The number of carbonyl (C=O) groups excluding carboxylic acids is 1. The SMILES string of the molecule is COCCC1CCC(CC(C)=O)CC1. The molecule has 0 atom stereocenters. The summed E-state index contributed by atoms with van der Waals surface area (Å²) >= 11 is 0. The zero-order valence-electron chi connectivity index (χ0n) is 9.42. The minimum atomic E-state index is 0.352. The molecule has 82 valence electrons. The van der Waals surface area contributed by atoms with E-state index in [1.807, 2.05) is 0 Å². The molecule has 0 spiro atoms. The molecule has 1 rings (SSSR count). The first-order chi connectivity index (χ1) is 6.72. The number of rotatable bonds is 5. The second kappa shape index (κ2) is 6.18. The molecule has 1 saturated carbocycles. The topological polar surface area (TPSA) is 26.3 Å². The summed E-state index contributed by atoms with van der Waals surface area (Å²) in [5.74, 6) is 1.87. The molecule has 0 bridgehead atoms. The summed E-state index contributed by atoms with van der Waals surface area (Å²) in [5, 5.41) is 0. The normalized spacial score (nSPS) is 27.6. The third-order valence-corrected chi connectivity index (χ3v) is 3.27. The van der Waals surface area contributed by atoms with Crippen LogP contribution in [-0.4, -0.2) is 19.5 Å². The Morgan fingerprint density at radius 3 is 2.29 bits per heavy atom. The maximum Gasteiger partial charge on any atom is 0.130 e. The molecule has 0 heterocycles. The average molecular weight is 198 g/mol. The number of hydrogen-bond donors (Lipinski definition) is 0. The first-order valence-electron chi connectivity index (χ1n) is 5.70. The summed E-state index contributed by atoms with van der Waals surface area (Å²) in [5.41, 5.74) is 0. The van der Waals surface area contributed by atoms with E-state index in [9.17, 15) is 4.79 Å². The van der Waals surface area contributed by atoms with Crippen LogP contribution in [0.15, 0.2) is 0 Å². The molecule has 0 amide bonds. The van der Waals surface area contributed by atoms with Crippen molar-refractivity contribution >= 4 is 5.78 Å². The summed E-state index contributed by atoms with van der Waals surface area (Å²) in [4.78, 5) is 10.9. The summed E-state index contributed by atoms with van der Waals surface area (Å²) in [7, 11) is 1.77. The Bertz CT molecular complexity index is 169. The summed E-state index contributed by atoms with van der Waals surface area (Å²) in [6.07, 6.45) is 7.07. The van der Waals surface area contributed by atoms with Crippen molar-refractivity contribution in [3.63, 3.8) is 0 Å². The standard InChI is InChI=1S/C12H22O2/c1-10(13)9-12-5-3-11(4-6-12)7-8-14-2/h11-12H,3-9H2,1-2H3. The summed E-state index contributed by atoms with van der Waals surface area (Å²) in [6.45, 7) is 2.60. The Kier molecular flexibility index (Phi) is 5.16. The van der Waals surface area contributed by atoms with E-state index in [0.717, 1.165) is 18.9 Å². The van der Waals surface area contributed by atoms with Gasteiger partial charge in [0.05, 0.1) is 0 Å². The molecule has 0 aromatic heterocycles. The van der Waals surface area contributed by atoms with Gasteiger partial charge in [-0.15, -0.1) is 0 Å². The van der Waals surface area contributed by atoms with Crippen molar-refractivity contribution in [3.8, 4) is 0 Å². The lowest BCUT2D eigenvalue weighted by atomic mass is 9.79. The van der Waals surface area contributed by atoms with Gasteiger partial charge in [-0.25, -0.2) is 0 Å². The number of ether oxygens (including phenoxy) is 1. The van der Waals surface area contributed by atoms with E-state index in [2.05, 4.69) is 0 Å². The van der Waals surface area contributed by atoms with Crippen molar-refractivity contribution < 1.29 is 9.53 Å². The van der Waals surface area contributed by atoms with Crippen LogP contribution < -0.4 is 0 Å². The average Bonchev–Trinajstić information content (AvgIpc) is 2.16. The maximum atomic E-state index is 10.9. The van der Waals surface area contributed by atoms with E-state index >= 15 is 0 Å². The highest BCUT2D eigenvalue weighted by molar-refractivity contribution is 5.75. The predicted molar refractivity (Wildman–Crippen MR) is 57.2 cm³/mol. The van der Waals surface area contributed by atoms with Crippen LogP contribution in [-0.2, 0) is 9.53 Å².